The molecule has 0 atom stereocenters. The molecule has 24 valence electrons. The molecule has 0 saturated heterocycles. The molecule has 5 heavy (non-hydrogen) atoms. The molecule has 3 nitrogen and oxygen atoms in total. The predicted molar refractivity (Wildman–Crippen MR) is 2.06 cm³/mol. The zero-order valence-corrected chi connectivity index (χ0v) is 7.81. The van der Waals surface area contributed by atoms with Gasteiger partial charge in [-0.1, -0.05) is 0 Å². The summed E-state index contributed by atoms with van der Waals surface area (Å²) in [5.74, 6) is 0. The molecular weight excluding hydrogens is 232 g/mol. The Morgan fingerprint density at radius 2 is 0.600 bits per heavy atom. The van der Waals surface area contributed by atoms with Gasteiger partial charge in [0.25, 0.3) is 0 Å². The average Bonchev–Trinajstić information content (AvgIpc) is 0. The molecule has 0 unspecified atom stereocenters. The fourth-order valence-corrected chi connectivity index (χ4v) is 0. The van der Waals surface area contributed by atoms with Crippen LogP contribution >= 0.6 is 0 Å². The summed E-state index contributed by atoms with van der Waals surface area (Å²) in [5, 5.41) is 0. The first-order valence-corrected chi connectivity index (χ1v) is 0. The Bertz CT molecular complexity index is 6.85. The minimum absolute atomic E-state index is 0. The van der Waals surface area contributed by atoms with Crippen LogP contribution in [0.5, 0.6) is 0 Å². The zero-order valence-electron chi connectivity index (χ0n) is 2.38. The zero-order chi connectivity index (χ0) is 0. The van der Waals surface area contributed by atoms with E-state index in [1.54, 1.807) is 0 Å². The van der Waals surface area contributed by atoms with Crippen molar-refractivity contribution < 1.29 is 77.9 Å². The molecule has 0 aliphatic heterocycles. The SMILES string of the molecule is [La+3].[O-2].[O-2].[O-2].[Sc+3]. The van der Waals surface area contributed by atoms with Crippen LogP contribution in [0.1, 0.15) is 0 Å². The van der Waals surface area contributed by atoms with Gasteiger partial charge in [-0.3, -0.25) is 0 Å². The number of hydrogen-bond acceptors (Lipinski definition) is 0. The van der Waals surface area contributed by atoms with Gasteiger partial charge in [-0.05, 0) is 0 Å². The van der Waals surface area contributed by atoms with Gasteiger partial charge in [-0.2, -0.15) is 0 Å². The molecule has 0 fully saturated rings. The maximum Gasteiger partial charge on any atom is 3.00 e. The van der Waals surface area contributed by atoms with Crippen molar-refractivity contribution >= 4 is 0 Å². The van der Waals surface area contributed by atoms with Gasteiger partial charge in [0, 0.05) is 0 Å². The van der Waals surface area contributed by atoms with Gasteiger partial charge in [0.15, 0.2) is 0 Å². The summed E-state index contributed by atoms with van der Waals surface area (Å²) in [6, 6.07) is 0. The van der Waals surface area contributed by atoms with Crippen molar-refractivity contribution in [2.75, 3.05) is 0 Å². The molecule has 0 bridgehead atoms. The van der Waals surface area contributed by atoms with Gasteiger partial charge in [0.2, 0.25) is 0 Å². The third-order valence-electron chi connectivity index (χ3n) is 0. The summed E-state index contributed by atoms with van der Waals surface area (Å²) < 4.78 is 0. The molecule has 0 amide bonds. The van der Waals surface area contributed by atoms with E-state index in [1.165, 1.54) is 0 Å². The molecule has 0 aliphatic carbocycles. The van der Waals surface area contributed by atoms with Crippen LogP contribution in [0.3, 0.4) is 0 Å². The Morgan fingerprint density at radius 1 is 0.600 bits per heavy atom. The smallest absolute Gasteiger partial charge is 2.00 e. The summed E-state index contributed by atoms with van der Waals surface area (Å²) in [4.78, 5) is 0. The minimum atomic E-state index is 0. The van der Waals surface area contributed by atoms with Crippen molar-refractivity contribution in [3.8, 4) is 0 Å². The van der Waals surface area contributed by atoms with E-state index in [4.69, 9.17) is 0 Å². The first-order chi connectivity index (χ1) is 0. The first-order valence-electron chi connectivity index (χ1n) is 0. The van der Waals surface area contributed by atoms with Crippen LogP contribution in [0.15, 0.2) is 0 Å². The van der Waals surface area contributed by atoms with Crippen LogP contribution in [-0.4, -0.2) is 0 Å². The maximum absolute atomic E-state index is 0. The summed E-state index contributed by atoms with van der Waals surface area (Å²) in [6.45, 7) is 0. The van der Waals surface area contributed by atoms with E-state index in [0.717, 1.165) is 0 Å². The average molecular weight is 232 g/mol. The minimum Gasteiger partial charge on any atom is -2.00 e. The second kappa shape index (κ2) is 38.4. The van der Waals surface area contributed by atoms with Crippen molar-refractivity contribution in [1.29, 1.82) is 0 Å². The molecule has 0 aromatic carbocycles. The van der Waals surface area contributed by atoms with E-state index in [9.17, 15) is 0 Å². The van der Waals surface area contributed by atoms with Crippen LogP contribution in [0.4, 0.5) is 0 Å². The Labute approximate surface area is 76.8 Å². The normalized spacial score (nSPS) is 0. The van der Waals surface area contributed by atoms with Crippen LogP contribution in [0.25, 0.3) is 0 Å². The molecule has 5 heteroatoms. The fraction of sp³-hybridized carbons (Fsp3) is 0. The molecular formula is LaO3Sc. The van der Waals surface area contributed by atoms with Gasteiger partial charge in [-0.15, -0.1) is 0 Å². The van der Waals surface area contributed by atoms with E-state index in [-0.39, 0.29) is 77.9 Å². The molecule has 0 aromatic rings. The molecule has 0 spiro atoms. The fourth-order valence-electron chi connectivity index (χ4n) is 0. The summed E-state index contributed by atoms with van der Waals surface area (Å²) in [5.41, 5.74) is 0. The summed E-state index contributed by atoms with van der Waals surface area (Å²) >= 11 is 0. The van der Waals surface area contributed by atoms with Gasteiger partial charge < -0.3 is 16.4 Å². The molecule has 0 rings (SSSR count). The maximum atomic E-state index is 0. The van der Waals surface area contributed by atoms with Gasteiger partial charge in [0.1, 0.15) is 0 Å². The molecule has 0 radical (unpaired) electrons. The van der Waals surface area contributed by atoms with E-state index >= 15 is 0 Å². The van der Waals surface area contributed by atoms with Crippen LogP contribution in [0, 0.1) is 35.6 Å². The van der Waals surface area contributed by atoms with Crippen molar-refractivity contribution in [1.82, 2.24) is 0 Å². The predicted octanol–water partition coefficient (Wildman–Crippen LogP) is -0.359. The van der Waals surface area contributed by atoms with E-state index in [0.29, 0.717) is 0 Å². The summed E-state index contributed by atoms with van der Waals surface area (Å²) in [7, 11) is 0. The Hall–Kier alpha value is 1.94. The van der Waals surface area contributed by atoms with Gasteiger partial charge >= 0.3 is 61.4 Å². The first kappa shape index (κ1) is 64.9. The third-order valence-corrected chi connectivity index (χ3v) is 0. The quantitative estimate of drug-likeness (QED) is 0.546. The second-order valence-electron chi connectivity index (χ2n) is 0. The second-order valence-corrected chi connectivity index (χ2v) is 0. The van der Waals surface area contributed by atoms with E-state index < -0.39 is 0 Å². The van der Waals surface area contributed by atoms with Crippen molar-refractivity contribution in [3.05, 3.63) is 0 Å². The monoisotopic (exact) mass is 232 g/mol. The number of hydrogen-bond donors (Lipinski definition) is 0. The summed E-state index contributed by atoms with van der Waals surface area (Å²) in [6.07, 6.45) is 0. The van der Waals surface area contributed by atoms with Gasteiger partial charge in [0.05, 0.1) is 0 Å². The molecule has 0 N–H and O–H groups in total. The largest absolute Gasteiger partial charge is 3.00 e. The van der Waals surface area contributed by atoms with Crippen molar-refractivity contribution in [2.45, 2.75) is 0 Å². The topological polar surface area (TPSA) is 85.5 Å². The van der Waals surface area contributed by atoms with Crippen LogP contribution in [-0.2, 0) is 42.3 Å². The molecule has 0 aromatic heterocycles. The van der Waals surface area contributed by atoms with E-state index in [2.05, 4.69) is 0 Å². The molecule has 0 saturated carbocycles. The standard InChI is InChI=1S/La.3O.Sc/q+3;3*-2;+3. The van der Waals surface area contributed by atoms with E-state index in [1.807, 2.05) is 0 Å². The Morgan fingerprint density at radius 3 is 0.600 bits per heavy atom. The van der Waals surface area contributed by atoms with Gasteiger partial charge in [-0.25, -0.2) is 0 Å². The third kappa shape index (κ3) is 24.5. The van der Waals surface area contributed by atoms with Crippen molar-refractivity contribution in [2.24, 2.45) is 0 Å². The Balaban J connectivity index is 0. The van der Waals surface area contributed by atoms with Crippen LogP contribution in [0.2, 0.25) is 0 Å². The molecule has 0 aliphatic rings. The Kier molecular flexibility index (Phi) is 499. The van der Waals surface area contributed by atoms with Crippen LogP contribution < -0.4 is 0 Å². The molecule has 0 heterocycles. The number of rotatable bonds is 0. The van der Waals surface area contributed by atoms with Crippen molar-refractivity contribution in [3.63, 3.8) is 0 Å².